The van der Waals surface area contributed by atoms with Crippen molar-refractivity contribution < 1.29 is 14.6 Å². The van der Waals surface area contributed by atoms with E-state index in [1.807, 2.05) is 34.7 Å². The molecule has 11 heteroatoms. The van der Waals surface area contributed by atoms with Crippen LogP contribution >= 0.6 is 24.0 Å². The number of aliphatic imine (C=N–C) groups is 1. The van der Waals surface area contributed by atoms with Gasteiger partial charge in [-0.25, -0.2) is 9.79 Å². The van der Waals surface area contributed by atoms with E-state index in [1.165, 1.54) is 0 Å². The molecule has 3 N–H and O–H groups in total. The van der Waals surface area contributed by atoms with Gasteiger partial charge in [0.15, 0.2) is 5.96 Å². The fourth-order valence-corrected chi connectivity index (χ4v) is 3.18. The second-order valence-electron chi connectivity index (χ2n) is 9.11. The van der Waals surface area contributed by atoms with Gasteiger partial charge in [0.2, 0.25) is 0 Å². The lowest BCUT2D eigenvalue weighted by Crippen LogP contribution is -2.51. The van der Waals surface area contributed by atoms with Gasteiger partial charge in [-0.1, -0.05) is 0 Å². The first-order valence-corrected chi connectivity index (χ1v) is 10.9. The summed E-state index contributed by atoms with van der Waals surface area (Å²) >= 11 is 0. The predicted octanol–water partition coefficient (Wildman–Crippen LogP) is 1.35. The Kier molecular flexibility index (Phi) is 11.2. The molecule has 1 aromatic heterocycles. The summed E-state index contributed by atoms with van der Waals surface area (Å²) in [4.78, 5) is 20.8. The first kappa shape index (κ1) is 28.4. The summed E-state index contributed by atoms with van der Waals surface area (Å²) in [6.07, 6.45) is 3.21. The number of piperazine rings is 1. The molecule has 0 aromatic carbocycles. The van der Waals surface area contributed by atoms with E-state index >= 15 is 0 Å². The number of aliphatic hydroxyl groups is 1. The van der Waals surface area contributed by atoms with Crippen molar-refractivity contribution in [1.82, 2.24) is 30.2 Å². The largest absolute Gasteiger partial charge is 0.444 e. The van der Waals surface area contributed by atoms with Crippen LogP contribution in [-0.2, 0) is 17.4 Å². The molecule has 2 rings (SSSR count). The summed E-state index contributed by atoms with van der Waals surface area (Å²) in [5.74, 6) is 0.666. The van der Waals surface area contributed by atoms with Crippen molar-refractivity contribution >= 4 is 36.0 Å². The van der Waals surface area contributed by atoms with Crippen LogP contribution in [0.1, 0.15) is 40.2 Å². The van der Waals surface area contributed by atoms with Gasteiger partial charge in [0, 0.05) is 64.6 Å². The second kappa shape index (κ2) is 12.6. The lowest BCUT2D eigenvalue weighted by Gasteiger charge is -2.35. The standard InChI is InChI=1S/C21H39N7O3.HI/c1-7-22-18(24-16-21(5,30)17-14-25-26(6)15-17)23-8-9-27-10-12-28(13-11-27)19(29)31-20(2,3)4;/h14-15,30H,7-13,16H2,1-6H3,(H2,22,23,24);1H. The van der Waals surface area contributed by atoms with E-state index in [4.69, 9.17) is 4.74 Å². The number of carbonyl (C=O) groups is 1. The molecule has 10 nitrogen and oxygen atoms in total. The molecule has 2 heterocycles. The third kappa shape index (κ3) is 9.49. The van der Waals surface area contributed by atoms with Gasteiger partial charge < -0.3 is 25.4 Å². The van der Waals surface area contributed by atoms with Crippen molar-refractivity contribution in [3.8, 4) is 0 Å². The van der Waals surface area contributed by atoms with Gasteiger partial charge in [-0.2, -0.15) is 5.10 Å². The van der Waals surface area contributed by atoms with E-state index in [9.17, 15) is 9.90 Å². The Bertz CT molecular complexity index is 738. The molecule has 0 radical (unpaired) electrons. The Balaban J connectivity index is 0.00000512. The van der Waals surface area contributed by atoms with Crippen LogP contribution < -0.4 is 10.6 Å². The number of hydrogen-bond donors (Lipinski definition) is 3. The molecule has 1 fully saturated rings. The van der Waals surface area contributed by atoms with Crippen LogP contribution in [0.5, 0.6) is 0 Å². The highest BCUT2D eigenvalue weighted by molar-refractivity contribution is 14.0. The first-order chi connectivity index (χ1) is 14.5. The quantitative estimate of drug-likeness (QED) is 0.261. The van der Waals surface area contributed by atoms with Crippen molar-refractivity contribution in [3.63, 3.8) is 0 Å². The van der Waals surface area contributed by atoms with E-state index in [1.54, 1.807) is 28.9 Å². The molecular weight excluding hydrogens is 525 g/mol. The number of rotatable bonds is 7. The van der Waals surface area contributed by atoms with Crippen LogP contribution in [0.25, 0.3) is 0 Å². The van der Waals surface area contributed by atoms with Gasteiger partial charge in [-0.3, -0.25) is 9.58 Å². The number of aryl methyl sites for hydroxylation is 1. The van der Waals surface area contributed by atoms with Crippen LogP contribution in [-0.4, -0.2) is 94.7 Å². The number of nitrogens with zero attached hydrogens (tertiary/aromatic N) is 5. The normalized spacial score (nSPS) is 17.3. The smallest absolute Gasteiger partial charge is 0.410 e. The average molecular weight is 566 g/mol. The van der Waals surface area contributed by atoms with E-state index in [0.717, 1.165) is 31.7 Å². The maximum absolute atomic E-state index is 12.2. The monoisotopic (exact) mass is 565 g/mol. The Morgan fingerprint density at radius 1 is 1.22 bits per heavy atom. The van der Waals surface area contributed by atoms with Gasteiger partial charge in [-0.05, 0) is 34.6 Å². The van der Waals surface area contributed by atoms with E-state index in [2.05, 4.69) is 25.6 Å². The summed E-state index contributed by atoms with van der Waals surface area (Å²) in [6.45, 7) is 14.8. The lowest BCUT2D eigenvalue weighted by atomic mass is 10.0. The Morgan fingerprint density at radius 3 is 2.41 bits per heavy atom. The van der Waals surface area contributed by atoms with Crippen LogP contribution in [0.4, 0.5) is 4.79 Å². The van der Waals surface area contributed by atoms with Crippen molar-refractivity contribution in [2.24, 2.45) is 12.0 Å². The number of ether oxygens (including phenoxy) is 1. The zero-order valence-corrected chi connectivity index (χ0v) is 22.5. The minimum absolute atomic E-state index is 0. The number of aromatic nitrogens is 2. The highest BCUT2D eigenvalue weighted by atomic mass is 127. The molecule has 1 aliphatic heterocycles. The highest BCUT2D eigenvalue weighted by Gasteiger charge is 2.26. The number of guanidine groups is 1. The van der Waals surface area contributed by atoms with Gasteiger partial charge >= 0.3 is 6.09 Å². The predicted molar refractivity (Wildman–Crippen MR) is 136 cm³/mol. The van der Waals surface area contributed by atoms with Crippen molar-refractivity contribution in [3.05, 3.63) is 18.0 Å². The Labute approximate surface area is 208 Å². The lowest BCUT2D eigenvalue weighted by molar-refractivity contribution is 0.0147. The molecule has 0 bridgehead atoms. The maximum atomic E-state index is 12.2. The number of hydrogen-bond acceptors (Lipinski definition) is 6. The number of amides is 1. The number of carbonyl (C=O) groups excluding carboxylic acids is 1. The van der Waals surface area contributed by atoms with Crippen molar-refractivity contribution in [1.29, 1.82) is 0 Å². The summed E-state index contributed by atoms with van der Waals surface area (Å²) in [5.41, 5.74) is -0.825. The van der Waals surface area contributed by atoms with Crippen LogP contribution in [0.2, 0.25) is 0 Å². The summed E-state index contributed by atoms with van der Waals surface area (Å²) in [6, 6.07) is 0. The molecule has 1 amide bonds. The van der Waals surface area contributed by atoms with E-state index in [0.29, 0.717) is 25.6 Å². The maximum Gasteiger partial charge on any atom is 0.410 e. The van der Waals surface area contributed by atoms with Crippen LogP contribution in [0.15, 0.2) is 17.4 Å². The third-order valence-corrected chi connectivity index (χ3v) is 4.96. The van der Waals surface area contributed by atoms with Gasteiger partial charge in [-0.15, -0.1) is 24.0 Å². The fraction of sp³-hybridized carbons (Fsp3) is 0.762. The fourth-order valence-electron chi connectivity index (χ4n) is 3.18. The molecular formula is C21H40IN7O3. The minimum Gasteiger partial charge on any atom is -0.444 e. The highest BCUT2D eigenvalue weighted by Crippen LogP contribution is 2.19. The average Bonchev–Trinajstić information content (AvgIpc) is 3.13. The zero-order valence-electron chi connectivity index (χ0n) is 20.2. The van der Waals surface area contributed by atoms with Gasteiger partial charge in [0.1, 0.15) is 11.2 Å². The molecule has 1 aromatic rings. The summed E-state index contributed by atoms with van der Waals surface area (Å²) in [7, 11) is 1.82. The summed E-state index contributed by atoms with van der Waals surface area (Å²) in [5, 5.41) is 21.4. The van der Waals surface area contributed by atoms with E-state index < -0.39 is 11.2 Å². The third-order valence-electron chi connectivity index (χ3n) is 4.96. The Morgan fingerprint density at radius 2 is 1.88 bits per heavy atom. The molecule has 32 heavy (non-hydrogen) atoms. The summed E-state index contributed by atoms with van der Waals surface area (Å²) < 4.78 is 7.11. The van der Waals surface area contributed by atoms with Crippen molar-refractivity contribution in [2.45, 2.75) is 45.8 Å². The first-order valence-electron chi connectivity index (χ1n) is 10.9. The van der Waals surface area contributed by atoms with Crippen LogP contribution in [0, 0.1) is 0 Å². The second-order valence-corrected chi connectivity index (χ2v) is 9.11. The van der Waals surface area contributed by atoms with E-state index in [-0.39, 0.29) is 36.6 Å². The zero-order chi connectivity index (χ0) is 23.1. The molecule has 1 atom stereocenters. The Hall–Kier alpha value is -1.60. The molecule has 1 saturated heterocycles. The molecule has 1 aliphatic rings. The van der Waals surface area contributed by atoms with Crippen molar-refractivity contribution in [2.75, 3.05) is 52.4 Å². The topological polar surface area (TPSA) is 107 Å². The van der Waals surface area contributed by atoms with Gasteiger partial charge in [0.25, 0.3) is 0 Å². The van der Waals surface area contributed by atoms with Crippen LogP contribution in [0.3, 0.4) is 0 Å². The molecule has 1 unspecified atom stereocenters. The molecule has 184 valence electrons. The van der Waals surface area contributed by atoms with Gasteiger partial charge in [0.05, 0.1) is 12.7 Å². The number of halogens is 1. The molecule has 0 spiro atoms. The SMILES string of the molecule is CCNC(=NCC(C)(O)c1cnn(C)c1)NCCN1CCN(C(=O)OC(C)(C)C)CC1.I. The molecule has 0 saturated carbocycles. The number of nitrogens with one attached hydrogen (secondary N) is 2. The molecule has 0 aliphatic carbocycles. The minimum atomic E-state index is -1.09.